The second-order valence-corrected chi connectivity index (χ2v) is 9.10. The van der Waals surface area contributed by atoms with Gasteiger partial charge in [-0.05, 0) is 21.6 Å². The maximum absolute atomic E-state index is 2.25. The van der Waals surface area contributed by atoms with Gasteiger partial charge in [0.1, 0.15) is 0 Å². The van der Waals surface area contributed by atoms with Crippen LogP contribution in [0.2, 0.25) is 0 Å². The lowest BCUT2D eigenvalue weighted by Crippen LogP contribution is -1.96. The van der Waals surface area contributed by atoms with Gasteiger partial charge in [-0.15, -0.1) is 11.3 Å². The van der Waals surface area contributed by atoms with Crippen LogP contribution in [0.4, 0.5) is 0 Å². The maximum atomic E-state index is 2.25. The van der Waals surface area contributed by atoms with Crippen LogP contribution < -0.4 is 9.06 Å². The molecule has 19 heavy (non-hydrogen) atoms. The molecule has 0 spiro atoms. The van der Waals surface area contributed by atoms with E-state index in [0.717, 1.165) is 0 Å². The van der Waals surface area contributed by atoms with Crippen LogP contribution in [0.3, 0.4) is 0 Å². The SMILES string of the molecule is C1=CSC(=c2sc(=C3SC=CS3)c3ccccc23)S1. The smallest absolute Gasteiger partial charge is 0.0666 e. The minimum absolute atomic E-state index is 1.39. The molecule has 94 valence electrons. The van der Waals surface area contributed by atoms with E-state index >= 15 is 0 Å². The van der Waals surface area contributed by atoms with Gasteiger partial charge >= 0.3 is 0 Å². The van der Waals surface area contributed by atoms with Gasteiger partial charge in [0, 0.05) is 10.8 Å². The van der Waals surface area contributed by atoms with E-state index in [-0.39, 0.29) is 0 Å². The van der Waals surface area contributed by atoms with E-state index in [9.17, 15) is 0 Å². The molecule has 5 heteroatoms. The average molecular weight is 337 g/mol. The molecule has 3 heterocycles. The van der Waals surface area contributed by atoms with Gasteiger partial charge in [-0.2, -0.15) is 0 Å². The van der Waals surface area contributed by atoms with Gasteiger partial charge in [-0.1, -0.05) is 71.3 Å². The number of thiophene rings is 1. The van der Waals surface area contributed by atoms with Crippen molar-refractivity contribution in [2.24, 2.45) is 0 Å². The lowest BCUT2D eigenvalue weighted by molar-refractivity contribution is 1.82. The third kappa shape index (κ3) is 2.21. The minimum atomic E-state index is 1.39. The summed E-state index contributed by atoms with van der Waals surface area (Å²) in [7, 11) is 0. The first-order valence-electron chi connectivity index (χ1n) is 5.66. The Labute approximate surface area is 132 Å². The standard InChI is InChI=1S/C14H8S5/c1-2-4-10-9(3-1)11(13-15-5-6-16-13)19-12(10)14-17-7-8-18-14/h1-8H. The van der Waals surface area contributed by atoms with Gasteiger partial charge in [0.05, 0.1) is 17.5 Å². The highest BCUT2D eigenvalue weighted by Gasteiger charge is 2.12. The van der Waals surface area contributed by atoms with Crippen molar-refractivity contribution in [1.29, 1.82) is 0 Å². The van der Waals surface area contributed by atoms with Gasteiger partial charge in [0.25, 0.3) is 0 Å². The van der Waals surface area contributed by atoms with Crippen molar-refractivity contribution in [1.82, 2.24) is 0 Å². The van der Waals surface area contributed by atoms with Crippen LogP contribution in [0.1, 0.15) is 0 Å². The fraction of sp³-hybridized carbons (Fsp3) is 0. The van der Waals surface area contributed by atoms with Crippen molar-refractivity contribution in [3.05, 3.63) is 55.0 Å². The molecule has 2 aromatic rings. The molecule has 0 fully saturated rings. The number of fused-ring (bicyclic) bond motifs is 1. The molecule has 1 aromatic heterocycles. The summed E-state index contributed by atoms with van der Waals surface area (Å²) in [6.07, 6.45) is 0. The van der Waals surface area contributed by atoms with Crippen LogP contribution in [-0.4, -0.2) is 0 Å². The van der Waals surface area contributed by atoms with Gasteiger partial charge < -0.3 is 0 Å². The molecule has 0 atom stereocenters. The first-order chi connectivity index (χ1) is 9.43. The van der Waals surface area contributed by atoms with E-state index in [0.29, 0.717) is 0 Å². The highest BCUT2D eigenvalue weighted by Crippen LogP contribution is 2.40. The average Bonchev–Trinajstić information content (AvgIpc) is 3.18. The van der Waals surface area contributed by atoms with E-state index in [1.807, 2.05) is 58.4 Å². The highest BCUT2D eigenvalue weighted by molar-refractivity contribution is 8.35. The van der Waals surface area contributed by atoms with E-state index in [2.05, 4.69) is 45.9 Å². The Morgan fingerprint density at radius 2 is 1.00 bits per heavy atom. The van der Waals surface area contributed by atoms with Crippen LogP contribution in [0.15, 0.2) is 45.9 Å². The molecule has 0 bridgehead atoms. The molecule has 0 aliphatic carbocycles. The molecule has 4 rings (SSSR count). The molecule has 2 aliphatic heterocycles. The monoisotopic (exact) mass is 336 g/mol. The molecule has 0 saturated carbocycles. The van der Waals surface area contributed by atoms with Crippen LogP contribution >= 0.6 is 58.4 Å². The molecular weight excluding hydrogens is 328 g/mol. The Balaban J connectivity index is 2.12. The first-order valence-corrected chi connectivity index (χ1v) is 10.00. The van der Waals surface area contributed by atoms with Crippen LogP contribution in [-0.2, 0) is 0 Å². The number of hydrogen-bond acceptors (Lipinski definition) is 5. The van der Waals surface area contributed by atoms with E-state index in [4.69, 9.17) is 0 Å². The zero-order chi connectivity index (χ0) is 12.7. The molecule has 2 aliphatic rings. The van der Waals surface area contributed by atoms with Crippen molar-refractivity contribution < 1.29 is 0 Å². The molecule has 0 nitrogen and oxygen atoms in total. The summed E-state index contributed by atoms with van der Waals surface area (Å²) in [5.41, 5.74) is 0. The number of rotatable bonds is 0. The topological polar surface area (TPSA) is 0 Å². The quantitative estimate of drug-likeness (QED) is 0.668. The largest absolute Gasteiger partial charge is 0.132 e. The van der Waals surface area contributed by atoms with Crippen molar-refractivity contribution in [3.8, 4) is 0 Å². The lowest BCUT2D eigenvalue weighted by Gasteiger charge is -1.92. The minimum Gasteiger partial charge on any atom is -0.132 e. The van der Waals surface area contributed by atoms with Gasteiger partial charge in [-0.3, -0.25) is 0 Å². The number of hydrogen-bond donors (Lipinski definition) is 0. The van der Waals surface area contributed by atoms with E-state index < -0.39 is 0 Å². The summed E-state index contributed by atoms with van der Waals surface area (Å²) in [5.74, 6) is 0. The Morgan fingerprint density at radius 1 is 0.579 bits per heavy atom. The van der Waals surface area contributed by atoms with Crippen LogP contribution in [0, 0.1) is 0 Å². The molecule has 1 aromatic carbocycles. The number of benzene rings is 1. The fourth-order valence-corrected chi connectivity index (χ4v) is 7.41. The molecule has 0 saturated heterocycles. The number of thioether (sulfide) groups is 4. The van der Waals surface area contributed by atoms with E-state index in [1.54, 1.807) is 0 Å². The Bertz CT molecular complexity index is 737. The van der Waals surface area contributed by atoms with Crippen LogP contribution in [0.5, 0.6) is 0 Å². The predicted octanol–water partition coefficient (Wildman–Crippen LogP) is 4.94. The van der Waals surface area contributed by atoms with Crippen molar-refractivity contribution in [2.45, 2.75) is 0 Å². The van der Waals surface area contributed by atoms with Gasteiger partial charge in [0.15, 0.2) is 0 Å². The lowest BCUT2D eigenvalue weighted by atomic mass is 10.2. The molecule has 0 N–H and O–H groups in total. The van der Waals surface area contributed by atoms with Crippen molar-refractivity contribution in [3.63, 3.8) is 0 Å². The zero-order valence-electron chi connectivity index (χ0n) is 9.66. The summed E-state index contributed by atoms with van der Waals surface area (Å²) >= 11 is 9.28. The molecule has 0 amide bonds. The van der Waals surface area contributed by atoms with E-state index in [1.165, 1.54) is 28.3 Å². The summed E-state index contributed by atoms with van der Waals surface area (Å²) in [6.45, 7) is 0. The maximum Gasteiger partial charge on any atom is 0.0666 e. The van der Waals surface area contributed by atoms with Crippen LogP contribution in [0.25, 0.3) is 19.2 Å². The summed E-state index contributed by atoms with van der Waals surface area (Å²) in [6, 6.07) is 8.77. The first kappa shape index (κ1) is 12.5. The Morgan fingerprint density at radius 3 is 1.42 bits per heavy atom. The molecule has 0 radical (unpaired) electrons. The fourth-order valence-electron chi connectivity index (χ4n) is 2.02. The third-order valence-electron chi connectivity index (χ3n) is 2.80. The second-order valence-electron chi connectivity index (χ2n) is 3.90. The molecular formula is C14H8S5. The summed E-state index contributed by atoms with van der Waals surface area (Å²) in [4.78, 5) is 0. The summed E-state index contributed by atoms with van der Waals surface area (Å²) < 4.78 is 5.67. The predicted molar refractivity (Wildman–Crippen MR) is 96.5 cm³/mol. The van der Waals surface area contributed by atoms with Crippen molar-refractivity contribution in [2.75, 3.05) is 0 Å². The third-order valence-corrected chi connectivity index (χ3v) is 8.84. The second kappa shape index (κ2) is 5.30. The van der Waals surface area contributed by atoms with Crippen molar-refractivity contribution >= 4 is 77.6 Å². The van der Waals surface area contributed by atoms with Gasteiger partial charge in [0.2, 0.25) is 0 Å². The summed E-state index contributed by atoms with van der Waals surface area (Å²) in [5, 5.41) is 11.5. The highest BCUT2D eigenvalue weighted by atomic mass is 32.2. The Hall–Kier alpha value is -0.200. The Kier molecular flexibility index (Phi) is 3.49. The normalized spacial score (nSPS) is 18.1. The molecule has 0 unspecified atom stereocenters. The van der Waals surface area contributed by atoms with Gasteiger partial charge in [-0.25, -0.2) is 0 Å². The zero-order valence-corrected chi connectivity index (χ0v) is 13.7.